The van der Waals surface area contributed by atoms with Crippen molar-refractivity contribution < 1.29 is 4.79 Å². The predicted molar refractivity (Wildman–Crippen MR) is 74.9 cm³/mol. The van der Waals surface area contributed by atoms with Crippen LogP contribution in [0.4, 0.5) is 5.69 Å². The van der Waals surface area contributed by atoms with Crippen molar-refractivity contribution in [2.24, 2.45) is 5.92 Å². The second kappa shape index (κ2) is 6.76. The molecule has 1 aromatic carbocycles. The number of carbonyl (C=O) groups is 1. The van der Waals surface area contributed by atoms with E-state index in [1.54, 1.807) is 24.3 Å². The Labute approximate surface area is 113 Å². The lowest BCUT2D eigenvalue weighted by molar-refractivity contribution is -0.115. The summed E-state index contributed by atoms with van der Waals surface area (Å²) in [5.41, 5.74) is 0.782. The first-order valence-corrected chi connectivity index (χ1v) is 6.88. The molecule has 98 valence electrons. The van der Waals surface area contributed by atoms with Gasteiger partial charge in [-0.3, -0.25) is 4.79 Å². The van der Waals surface area contributed by atoms with E-state index in [1.165, 1.54) is 25.7 Å². The molecule has 0 radical (unpaired) electrons. The van der Waals surface area contributed by atoms with E-state index in [0.717, 1.165) is 18.2 Å². The Hall–Kier alpha value is -1.06. The maximum absolute atomic E-state index is 11.6. The molecule has 0 heterocycles. The van der Waals surface area contributed by atoms with Gasteiger partial charge in [-0.05, 0) is 49.6 Å². The van der Waals surface area contributed by atoms with Crippen LogP contribution in [0.5, 0.6) is 0 Å². The molecule has 0 spiro atoms. The number of anilines is 1. The third-order valence-corrected chi connectivity index (χ3v) is 3.33. The van der Waals surface area contributed by atoms with Crippen molar-refractivity contribution in [1.29, 1.82) is 0 Å². The van der Waals surface area contributed by atoms with Gasteiger partial charge in [-0.1, -0.05) is 24.4 Å². The van der Waals surface area contributed by atoms with Crippen LogP contribution in [0.3, 0.4) is 0 Å². The predicted octanol–water partition coefficient (Wildman–Crippen LogP) is 3.06. The molecule has 1 aliphatic rings. The molecule has 0 aliphatic heterocycles. The highest BCUT2D eigenvalue weighted by atomic mass is 35.5. The van der Waals surface area contributed by atoms with Gasteiger partial charge in [0.05, 0.1) is 6.54 Å². The lowest BCUT2D eigenvalue weighted by atomic mass is 10.2. The van der Waals surface area contributed by atoms with E-state index in [2.05, 4.69) is 10.6 Å². The number of carbonyl (C=O) groups excluding carboxylic acids is 1. The topological polar surface area (TPSA) is 41.1 Å². The summed E-state index contributed by atoms with van der Waals surface area (Å²) in [5.74, 6) is 0.957. The Morgan fingerprint density at radius 2 is 2.00 bits per heavy atom. The van der Waals surface area contributed by atoms with Crippen LogP contribution in [0.25, 0.3) is 0 Å². The molecular weight excluding hydrogens is 248 g/mol. The SMILES string of the molecule is O=C(CNCCCC1CC1)Nc1ccc(Cl)cc1. The number of halogens is 1. The largest absolute Gasteiger partial charge is 0.325 e. The number of amides is 1. The fourth-order valence-electron chi connectivity index (χ4n) is 1.86. The van der Waals surface area contributed by atoms with Gasteiger partial charge in [-0.15, -0.1) is 0 Å². The van der Waals surface area contributed by atoms with Crippen molar-refractivity contribution in [2.75, 3.05) is 18.4 Å². The zero-order chi connectivity index (χ0) is 12.8. The quantitative estimate of drug-likeness (QED) is 0.745. The van der Waals surface area contributed by atoms with Crippen LogP contribution in [0, 0.1) is 5.92 Å². The minimum Gasteiger partial charge on any atom is -0.325 e. The molecular formula is C14H19ClN2O. The molecule has 0 saturated heterocycles. The Kier molecular flexibility index (Phi) is 5.02. The molecule has 1 amide bonds. The van der Waals surface area contributed by atoms with Crippen LogP contribution in [-0.2, 0) is 4.79 Å². The Morgan fingerprint density at radius 3 is 2.67 bits per heavy atom. The van der Waals surface area contributed by atoms with Crippen LogP contribution in [0.1, 0.15) is 25.7 Å². The molecule has 1 aromatic rings. The molecule has 3 nitrogen and oxygen atoms in total. The monoisotopic (exact) mass is 266 g/mol. The highest BCUT2D eigenvalue weighted by molar-refractivity contribution is 6.30. The van der Waals surface area contributed by atoms with Crippen molar-refractivity contribution >= 4 is 23.2 Å². The number of nitrogens with one attached hydrogen (secondary N) is 2. The lowest BCUT2D eigenvalue weighted by Gasteiger charge is -2.06. The van der Waals surface area contributed by atoms with Gasteiger partial charge in [-0.25, -0.2) is 0 Å². The van der Waals surface area contributed by atoms with Crippen LogP contribution in [0.15, 0.2) is 24.3 Å². The van der Waals surface area contributed by atoms with Gasteiger partial charge in [0.1, 0.15) is 0 Å². The summed E-state index contributed by atoms with van der Waals surface area (Å²) < 4.78 is 0. The summed E-state index contributed by atoms with van der Waals surface area (Å²) in [7, 11) is 0. The third kappa shape index (κ3) is 5.07. The van der Waals surface area contributed by atoms with E-state index in [0.29, 0.717) is 11.6 Å². The maximum atomic E-state index is 11.6. The Balaban J connectivity index is 1.57. The molecule has 4 heteroatoms. The molecule has 2 rings (SSSR count). The molecule has 1 fully saturated rings. The summed E-state index contributed by atoms with van der Waals surface area (Å²) in [5, 5.41) is 6.66. The second-order valence-corrected chi connectivity index (χ2v) is 5.25. The zero-order valence-electron chi connectivity index (χ0n) is 10.4. The first-order chi connectivity index (χ1) is 8.74. The highest BCUT2D eigenvalue weighted by Crippen LogP contribution is 2.33. The summed E-state index contributed by atoms with van der Waals surface area (Å²) in [6.07, 6.45) is 5.26. The molecule has 0 unspecified atom stereocenters. The second-order valence-electron chi connectivity index (χ2n) is 4.82. The van der Waals surface area contributed by atoms with Crippen molar-refractivity contribution in [1.82, 2.24) is 5.32 Å². The summed E-state index contributed by atoms with van der Waals surface area (Å²) in [4.78, 5) is 11.6. The first kappa shape index (κ1) is 13.4. The smallest absolute Gasteiger partial charge is 0.238 e. The number of benzene rings is 1. The molecule has 1 saturated carbocycles. The average Bonchev–Trinajstić information content (AvgIpc) is 3.16. The van der Waals surface area contributed by atoms with Crippen molar-refractivity contribution in [3.63, 3.8) is 0 Å². The summed E-state index contributed by atoms with van der Waals surface area (Å²) in [6, 6.07) is 7.13. The van der Waals surface area contributed by atoms with Crippen molar-refractivity contribution in [3.8, 4) is 0 Å². The van der Waals surface area contributed by atoms with E-state index >= 15 is 0 Å². The van der Waals surface area contributed by atoms with Crippen LogP contribution in [-0.4, -0.2) is 19.0 Å². The van der Waals surface area contributed by atoms with Crippen LogP contribution in [0.2, 0.25) is 5.02 Å². The van der Waals surface area contributed by atoms with E-state index < -0.39 is 0 Å². The number of rotatable bonds is 7. The summed E-state index contributed by atoms with van der Waals surface area (Å²) in [6.45, 7) is 1.29. The third-order valence-electron chi connectivity index (χ3n) is 3.08. The van der Waals surface area contributed by atoms with Gasteiger partial charge < -0.3 is 10.6 Å². The number of hydrogen-bond donors (Lipinski definition) is 2. The molecule has 0 bridgehead atoms. The van der Waals surface area contributed by atoms with Crippen LogP contribution >= 0.6 is 11.6 Å². The van der Waals surface area contributed by atoms with E-state index in [1.807, 2.05) is 0 Å². The fourth-order valence-corrected chi connectivity index (χ4v) is 1.99. The van der Waals surface area contributed by atoms with E-state index in [9.17, 15) is 4.79 Å². The lowest BCUT2D eigenvalue weighted by Crippen LogP contribution is -2.28. The van der Waals surface area contributed by atoms with Gasteiger partial charge in [-0.2, -0.15) is 0 Å². The molecule has 18 heavy (non-hydrogen) atoms. The maximum Gasteiger partial charge on any atom is 0.238 e. The normalized spacial score (nSPS) is 14.5. The standard InChI is InChI=1S/C14H19ClN2O/c15-12-5-7-13(8-6-12)17-14(18)10-16-9-1-2-11-3-4-11/h5-8,11,16H,1-4,9-10H2,(H,17,18). The van der Waals surface area contributed by atoms with Gasteiger partial charge in [0.15, 0.2) is 0 Å². The fraction of sp³-hybridized carbons (Fsp3) is 0.500. The summed E-state index contributed by atoms with van der Waals surface area (Å²) >= 11 is 5.77. The number of hydrogen-bond acceptors (Lipinski definition) is 2. The Morgan fingerprint density at radius 1 is 1.28 bits per heavy atom. The molecule has 1 aliphatic carbocycles. The van der Waals surface area contributed by atoms with Gasteiger partial charge in [0.2, 0.25) is 5.91 Å². The van der Waals surface area contributed by atoms with Gasteiger partial charge >= 0.3 is 0 Å². The van der Waals surface area contributed by atoms with Crippen molar-refractivity contribution in [3.05, 3.63) is 29.3 Å². The first-order valence-electron chi connectivity index (χ1n) is 6.50. The van der Waals surface area contributed by atoms with Crippen LogP contribution < -0.4 is 10.6 Å². The van der Waals surface area contributed by atoms with Crippen molar-refractivity contribution in [2.45, 2.75) is 25.7 Å². The average molecular weight is 267 g/mol. The zero-order valence-corrected chi connectivity index (χ0v) is 11.2. The highest BCUT2D eigenvalue weighted by Gasteiger charge is 2.19. The van der Waals surface area contributed by atoms with E-state index in [-0.39, 0.29) is 5.91 Å². The van der Waals surface area contributed by atoms with Gasteiger partial charge in [0, 0.05) is 10.7 Å². The molecule has 0 aromatic heterocycles. The minimum atomic E-state index is -0.0104. The minimum absolute atomic E-state index is 0.0104. The Bertz CT molecular complexity index is 387. The van der Waals surface area contributed by atoms with Gasteiger partial charge in [0.25, 0.3) is 0 Å². The van der Waals surface area contributed by atoms with E-state index in [4.69, 9.17) is 11.6 Å². The molecule has 2 N–H and O–H groups in total. The molecule has 0 atom stereocenters.